The molecule has 0 spiro atoms. The summed E-state index contributed by atoms with van der Waals surface area (Å²) in [5, 5.41) is 9.38. The van der Waals surface area contributed by atoms with E-state index in [1.807, 2.05) is 55.5 Å². The van der Waals surface area contributed by atoms with E-state index in [0.29, 0.717) is 4.88 Å². The van der Waals surface area contributed by atoms with Crippen LogP contribution >= 0.6 is 11.3 Å². The minimum Gasteiger partial charge on any atom is -0.477 e. The van der Waals surface area contributed by atoms with Crippen LogP contribution < -0.4 is 0 Å². The molecular formula is C16H16N2O2S. The zero-order valence-electron chi connectivity index (χ0n) is 12.1. The second-order valence-corrected chi connectivity index (χ2v) is 6.28. The van der Waals surface area contributed by atoms with Crippen LogP contribution in [0.3, 0.4) is 0 Å². The topological polar surface area (TPSA) is 54.6 Å². The number of rotatable bonds is 3. The summed E-state index contributed by atoms with van der Waals surface area (Å²) in [4.78, 5) is 17.2. The Morgan fingerprint density at radius 1 is 1.29 bits per heavy atom. The fourth-order valence-electron chi connectivity index (χ4n) is 2.62. The number of carboxylic acids is 1. The molecule has 1 N–H and O–H groups in total. The highest BCUT2D eigenvalue weighted by Gasteiger charge is 2.24. The summed E-state index contributed by atoms with van der Waals surface area (Å²) in [5.41, 5.74) is 3.79. The average molecular weight is 300 g/mol. The van der Waals surface area contributed by atoms with Gasteiger partial charge in [0.25, 0.3) is 0 Å². The number of benzene rings is 1. The van der Waals surface area contributed by atoms with Crippen LogP contribution in [0.25, 0.3) is 16.2 Å². The van der Waals surface area contributed by atoms with Crippen molar-refractivity contribution in [3.05, 3.63) is 46.6 Å². The van der Waals surface area contributed by atoms with E-state index < -0.39 is 5.97 Å². The van der Waals surface area contributed by atoms with Crippen LogP contribution in [-0.4, -0.2) is 20.5 Å². The van der Waals surface area contributed by atoms with Gasteiger partial charge < -0.3 is 5.11 Å². The van der Waals surface area contributed by atoms with Crippen LogP contribution in [0.2, 0.25) is 0 Å². The van der Waals surface area contributed by atoms with Crippen molar-refractivity contribution in [2.24, 2.45) is 0 Å². The summed E-state index contributed by atoms with van der Waals surface area (Å²) >= 11 is 1.24. The monoisotopic (exact) mass is 300 g/mol. The number of aromatic nitrogens is 2. The Morgan fingerprint density at radius 2 is 1.95 bits per heavy atom. The molecule has 21 heavy (non-hydrogen) atoms. The first-order chi connectivity index (χ1) is 10.0. The fourth-order valence-corrected chi connectivity index (χ4v) is 3.78. The minimum absolute atomic E-state index is 0.126. The van der Waals surface area contributed by atoms with E-state index in [-0.39, 0.29) is 5.92 Å². The molecule has 0 amide bonds. The first-order valence-electron chi connectivity index (χ1n) is 6.81. The van der Waals surface area contributed by atoms with Gasteiger partial charge in [-0.1, -0.05) is 55.5 Å². The number of hydrogen-bond donors (Lipinski definition) is 1. The number of aryl methyl sites for hydroxylation is 1. The van der Waals surface area contributed by atoms with Gasteiger partial charge in [-0.15, -0.1) is 0 Å². The third kappa shape index (κ3) is 2.14. The fraction of sp³-hybridized carbons (Fsp3) is 0.250. The number of imidazole rings is 1. The molecule has 108 valence electrons. The Morgan fingerprint density at radius 3 is 2.52 bits per heavy atom. The Bertz CT molecular complexity index is 816. The molecule has 0 saturated carbocycles. The molecule has 0 radical (unpaired) electrons. The van der Waals surface area contributed by atoms with Gasteiger partial charge in [0.1, 0.15) is 4.88 Å². The normalized spacial score (nSPS) is 11.4. The molecule has 1 aromatic carbocycles. The first-order valence-corrected chi connectivity index (χ1v) is 7.62. The molecular weight excluding hydrogens is 284 g/mol. The largest absolute Gasteiger partial charge is 0.477 e. The Balaban J connectivity index is 2.30. The Labute approximate surface area is 126 Å². The van der Waals surface area contributed by atoms with Crippen molar-refractivity contribution in [1.82, 2.24) is 9.38 Å². The summed E-state index contributed by atoms with van der Waals surface area (Å²) in [6.07, 6.45) is 0. The zero-order valence-corrected chi connectivity index (χ0v) is 12.9. The highest BCUT2D eigenvalue weighted by Crippen LogP contribution is 2.34. The standard InChI is InChI=1S/C16H16N2O2S/c1-9(2)13-14(15(19)20)21-16-17-12(10(3)18(13)16)11-7-5-4-6-8-11/h4-9H,1-3H3,(H,19,20). The van der Waals surface area contributed by atoms with Crippen molar-refractivity contribution in [3.63, 3.8) is 0 Å². The molecule has 2 aromatic heterocycles. The third-order valence-electron chi connectivity index (χ3n) is 3.53. The molecule has 0 saturated heterocycles. The molecule has 0 atom stereocenters. The predicted octanol–water partition coefficient (Wildman–Crippen LogP) is 4.19. The van der Waals surface area contributed by atoms with E-state index in [1.165, 1.54) is 11.3 Å². The number of thiazole rings is 1. The van der Waals surface area contributed by atoms with Gasteiger partial charge in [0.05, 0.1) is 11.4 Å². The molecule has 0 unspecified atom stereocenters. The van der Waals surface area contributed by atoms with Gasteiger partial charge in [-0.25, -0.2) is 9.78 Å². The highest BCUT2D eigenvalue weighted by atomic mass is 32.1. The van der Waals surface area contributed by atoms with Gasteiger partial charge >= 0.3 is 5.97 Å². The summed E-state index contributed by atoms with van der Waals surface area (Å²) in [7, 11) is 0. The van der Waals surface area contributed by atoms with Crippen LogP contribution in [-0.2, 0) is 0 Å². The molecule has 5 heteroatoms. The van der Waals surface area contributed by atoms with E-state index in [4.69, 9.17) is 0 Å². The van der Waals surface area contributed by atoms with Gasteiger partial charge in [0.2, 0.25) is 0 Å². The molecule has 0 fully saturated rings. The summed E-state index contributed by atoms with van der Waals surface area (Å²) < 4.78 is 1.99. The van der Waals surface area contributed by atoms with Crippen molar-refractivity contribution >= 4 is 22.3 Å². The maximum Gasteiger partial charge on any atom is 0.347 e. The number of fused-ring (bicyclic) bond motifs is 1. The van der Waals surface area contributed by atoms with Crippen LogP contribution in [0, 0.1) is 6.92 Å². The number of carbonyl (C=O) groups is 1. The maximum absolute atomic E-state index is 11.4. The zero-order chi connectivity index (χ0) is 15.1. The second kappa shape index (κ2) is 5.00. The second-order valence-electron chi connectivity index (χ2n) is 5.31. The molecule has 2 heterocycles. The molecule has 0 aliphatic rings. The molecule has 0 aliphatic carbocycles. The lowest BCUT2D eigenvalue weighted by Gasteiger charge is -2.07. The van der Waals surface area contributed by atoms with E-state index in [0.717, 1.165) is 27.6 Å². The van der Waals surface area contributed by atoms with Crippen LogP contribution in [0.4, 0.5) is 0 Å². The highest BCUT2D eigenvalue weighted by molar-refractivity contribution is 7.19. The third-order valence-corrected chi connectivity index (χ3v) is 4.58. The first kappa shape index (κ1) is 13.8. The van der Waals surface area contributed by atoms with E-state index in [9.17, 15) is 9.90 Å². The number of nitrogens with zero attached hydrogens (tertiary/aromatic N) is 2. The minimum atomic E-state index is -0.880. The van der Waals surface area contributed by atoms with Gasteiger partial charge in [0.15, 0.2) is 4.96 Å². The number of carboxylic acid groups (broad SMARTS) is 1. The number of aromatic carboxylic acids is 1. The van der Waals surface area contributed by atoms with E-state index in [1.54, 1.807) is 0 Å². The lowest BCUT2D eigenvalue weighted by molar-refractivity contribution is 0.0700. The molecule has 4 nitrogen and oxygen atoms in total. The molecule has 3 aromatic rings. The van der Waals surface area contributed by atoms with E-state index in [2.05, 4.69) is 4.98 Å². The average Bonchev–Trinajstić information content (AvgIpc) is 2.97. The van der Waals surface area contributed by atoms with Crippen molar-refractivity contribution in [3.8, 4) is 11.3 Å². The van der Waals surface area contributed by atoms with Gasteiger partial charge in [-0.3, -0.25) is 4.40 Å². The predicted molar refractivity (Wildman–Crippen MR) is 84.3 cm³/mol. The lowest BCUT2D eigenvalue weighted by Crippen LogP contribution is -2.04. The van der Waals surface area contributed by atoms with Crippen molar-refractivity contribution in [1.29, 1.82) is 0 Å². The van der Waals surface area contributed by atoms with Crippen LogP contribution in [0.1, 0.15) is 40.8 Å². The number of hydrogen-bond acceptors (Lipinski definition) is 3. The maximum atomic E-state index is 11.4. The summed E-state index contributed by atoms with van der Waals surface area (Å²) in [5.74, 6) is -0.753. The smallest absolute Gasteiger partial charge is 0.347 e. The van der Waals surface area contributed by atoms with E-state index >= 15 is 0 Å². The van der Waals surface area contributed by atoms with Crippen molar-refractivity contribution < 1.29 is 9.90 Å². The molecule has 3 rings (SSSR count). The quantitative estimate of drug-likeness (QED) is 0.789. The molecule has 0 bridgehead atoms. The van der Waals surface area contributed by atoms with Gasteiger partial charge in [0, 0.05) is 11.3 Å². The van der Waals surface area contributed by atoms with Crippen molar-refractivity contribution in [2.45, 2.75) is 26.7 Å². The van der Waals surface area contributed by atoms with Crippen molar-refractivity contribution in [2.75, 3.05) is 0 Å². The summed E-state index contributed by atoms with van der Waals surface area (Å²) in [6, 6.07) is 9.97. The summed E-state index contributed by atoms with van der Waals surface area (Å²) in [6.45, 7) is 6.01. The Hall–Kier alpha value is -2.14. The van der Waals surface area contributed by atoms with Gasteiger partial charge in [-0.05, 0) is 12.8 Å². The van der Waals surface area contributed by atoms with Crippen LogP contribution in [0.5, 0.6) is 0 Å². The SMILES string of the molecule is Cc1c(-c2ccccc2)nc2sc(C(=O)O)c(C(C)C)n12. The van der Waals surface area contributed by atoms with Crippen LogP contribution in [0.15, 0.2) is 30.3 Å². The molecule has 0 aliphatic heterocycles. The van der Waals surface area contributed by atoms with Gasteiger partial charge in [-0.2, -0.15) is 0 Å². The lowest BCUT2D eigenvalue weighted by atomic mass is 10.1. The Kier molecular flexibility index (Phi) is 3.29.